The minimum absolute atomic E-state index is 0.0409. The number of ketones is 2. The second-order valence-electron chi connectivity index (χ2n) is 12.8. The molecule has 0 saturated heterocycles. The van der Waals surface area contributed by atoms with Gasteiger partial charge in [-0.15, -0.1) is 0 Å². The highest BCUT2D eigenvalue weighted by Crippen LogP contribution is 2.68. The Labute approximate surface area is 265 Å². The van der Waals surface area contributed by atoms with Gasteiger partial charge in [0.1, 0.15) is 0 Å². The van der Waals surface area contributed by atoms with Gasteiger partial charge in [0.05, 0.1) is 36.7 Å². The third-order valence-corrected chi connectivity index (χ3v) is 10.4. The Balaban J connectivity index is 1.50. The zero-order valence-electron chi connectivity index (χ0n) is 26.0. The number of hydrogen-bond donors (Lipinski definition) is 5. The quantitative estimate of drug-likeness (QED) is 0.0971. The zero-order valence-corrected chi connectivity index (χ0v) is 26.0. The van der Waals surface area contributed by atoms with Crippen LogP contribution in [0.1, 0.15) is 71.6 Å². The summed E-state index contributed by atoms with van der Waals surface area (Å²) < 4.78 is 16.2. The Hall–Kier alpha value is -2.80. The van der Waals surface area contributed by atoms with Gasteiger partial charge >= 0.3 is 12.1 Å². The highest BCUT2D eigenvalue weighted by atomic mass is 17.1. The molecule has 5 N–H and O–H groups in total. The van der Waals surface area contributed by atoms with E-state index in [0.717, 1.165) is 5.57 Å². The summed E-state index contributed by atoms with van der Waals surface area (Å²) in [6, 6.07) is 0. The fourth-order valence-electron chi connectivity index (χ4n) is 8.39. The van der Waals surface area contributed by atoms with Crippen molar-refractivity contribution in [3.8, 4) is 0 Å². The first kappa shape index (κ1) is 36.0. The number of esters is 1. The number of nitrogens with zero attached hydrogens (tertiary/aromatic N) is 2. The summed E-state index contributed by atoms with van der Waals surface area (Å²) in [5, 5.41) is 45.4. The molecule has 16 nitrogen and oxygen atoms in total. The predicted molar refractivity (Wildman–Crippen MR) is 150 cm³/mol. The molecule has 46 heavy (non-hydrogen) atoms. The molecule has 0 aromatic rings. The molecule has 0 aliphatic heterocycles. The average Bonchev–Trinajstić information content (AvgIpc) is 3.27. The monoisotopic (exact) mass is 656 g/mol. The van der Waals surface area contributed by atoms with Crippen LogP contribution in [0.4, 0.5) is 4.79 Å². The molecule has 0 radical (unpaired) electrons. The molecule has 258 valence electrons. The maximum Gasteiger partial charge on any atom is 0.508 e. The molecule has 4 aliphatic carbocycles. The van der Waals surface area contributed by atoms with Gasteiger partial charge in [-0.2, -0.15) is 0 Å². The fourth-order valence-corrected chi connectivity index (χ4v) is 8.39. The molecule has 0 amide bonds. The highest BCUT2D eigenvalue weighted by molar-refractivity contribution is 6.01. The molecule has 0 heterocycles. The van der Waals surface area contributed by atoms with Crippen LogP contribution in [0.3, 0.4) is 0 Å². The summed E-state index contributed by atoms with van der Waals surface area (Å²) >= 11 is 0. The standard InChI is InChI=1S/C30H44N2O14/c1-28-11-9-20(33)16-19(28)7-8-21-22-10-12-30(29(22,2)17-23(34)26(21)28,46-25(36)6-5-15-45-32(40)41)24(35)18-43-27(37)42-13-3-4-14-44-31(38)39/h9,11,16,21-23,26,34,38-41H,3-8,10,12-15,17-18H2,1-2H3/t21?,22?,23-,26+,28-,29-,30-/m0/s1. The summed E-state index contributed by atoms with van der Waals surface area (Å²) in [6.07, 6.45) is 5.66. The first-order valence-electron chi connectivity index (χ1n) is 15.5. The number of rotatable bonds is 15. The van der Waals surface area contributed by atoms with E-state index >= 15 is 0 Å². The lowest BCUT2D eigenvalue weighted by molar-refractivity contribution is -0.492. The van der Waals surface area contributed by atoms with Crippen molar-refractivity contribution in [1.82, 2.24) is 10.8 Å². The van der Waals surface area contributed by atoms with Crippen molar-refractivity contribution in [2.45, 2.75) is 83.3 Å². The number of allylic oxidation sites excluding steroid dienone is 4. The maximum absolute atomic E-state index is 14.0. The van der Waals surface area contributed by atoms with Crippen LogP contribution in [0, 0.1) is 28.6 Å². The van der Waals surface area contributed by atoms with Gasteiger partial charge in [0.2, 0.25) is 5.78 Å². The van der Waals surface area contributed by atoms with Crippen LogP contribution in [0.25, 0.3) is 0 Å². The molecule has 3 saturated carbocycles. The van der Waals surface area contributed by atoms with Gasteiger partial charge in [-0.05, 0) is 75.4 Å². The number of carbonyl (C=O) groups excluding carboxylic acids is 4. The molecule has 4 aliphatic rings. The minimum atomic E-state index is -1.73. The Morgan fingerprint density at radius 2 is 1.63 bits per heavy atom. The Morgan fingerprint density at radius 1 is 0.957 bits per heavy atom. The first-order valence-corrected chi connectivity index (χ1v) is 15.5. The summed E-state index contributed by atoms with van der Waals surface area (Å²) in [6.45, 7) is 2.78. The molecule has 0 spiro atoms. The minimum Gasteiger partial charge on any atom is -0.450 e. The second kappa shape index (κ2) is 15.0. The SMILES string of the molecule is C[C@]12C=CC(=O)C=C1CCC1C3CC[C@](OC(=O)CCCON(O)O)(C(=O)COC(=O)OCCCCON(O)O)[C@@]3(C)C[C@H](O)[C@@H]12. The maximum atomic E-state index is 14.0. The van der Waals surface area contributed by atoms with Gasteiger partial charge in [0, 0.05) is 23.2 Å². The van der Waals surface area contributed by atoms with Crippen LogP contribution in [0.15, 0.2) is 23.8 Å². The van der Waals surface area contributed by atoms with Crippen molar-refractivity contribution in [2.24, 2.45) is 28.6 Å². The second-order valence-corrected chi connectivity index (χ2v) is 12.8. The lowest BCUT2D eigenvalue weighted by Gasteiger charge is -2.59. The van der Waals surface area contributed by atoms with Crippen molar-refractivity contribution < 1.29 is 69.0 Å². The van der Waals surface area contributed by atoms with E-state index in [2.05, 4.69) is 9.68 Å². The van der Waals surface area contributed by atoms with Crippen LogP contribution in [0.2, 0.25) is 0 Å². The lowest BCUT2D eigenvalue weighted by atomic mass is 9.46. The Kier molecular flexibility index (Phi) is 11.7. The first-order chi connectivity index (χ1) is 21.7. The van der Waals surface area contributed by atoms with Gasteiger partial charge in [-0.25, -0.2) is 4.79 Å². The van der Waals surface area contributed by atoms with Crippen LogP contribution in [0.5, 0.6) is 0 Å². The van der Waals surface area contributed by atoms with Crippen molar-refractivity contribution in [3.05, 3.63) is 23.8 Å². The van der Waals surface area contributed by atoms with Crippen LogP contribution < -0.4 is 0 Å². The Bertz CT molecular complexity index is 1210. The van der Waals surface area contributed by atoms with Gasteiger partial charge in [0.25, 0.3) is 0 Å². The molecule has 0 aromatic heterocycles. The van der Waals surface area contributed by atoms with E-state index in [1.807, 2.05) is 19.9 Å². The number of aliphatic hydroxyl groups excluding tert-OH is 1. The van der Waals surface area contributed by atoms with Gasteiger partial charge in [0.15, 0.2) is 18.0 Å². The van der Waals surface area contributed by atoms with Crippen molar-refractivity contribution in [1.29, 1.82) is 0 Å². The van der Waals surface area contributed by atoms with E-state index in [9.17, 15) is 24.3 Å². The normalized spacial score (nSPS) is 33.2. The predicted octanol–water partition coefficient (Wildman–Crippen LogP) is 2.85. The van der Waals surface area contributed by atoms with E-state index in [1.165, 1.54) is 6.08 Å². The van der Waals surface area contributed by atoms with E-state index in [1.54, 1.807) is 6.08 Å². The number of ether oxygens (including phenoxy) is 3. The summed E-state index contributed by atoms with van der Waals surface area (Å²) in [4.78, 5) is 60.6. The van der Waals surface area contributed by atoms with Crippen LogP contribution in [-0.2, 0) is 38.3 Å². The molecule has 0 bridgehead atoms. The smallest absolute Gasteiger partial charge is 0.450 e. The highest BCUT2D eigenvalue weighted by Gasteiger charge is 2.70. The molecular formula is C30H44N2O14. The van der Waals surface area contributed by atoms with Gasteiger partial charge in [-0.3, -0.25) is 44.9 Å². The molecule has 3 fully saturated rings. The third kappa shape index (κ3) is 7.50. The van der Waals surface area contributed by atoms with Crippen LogP contribution in [-0.4, -0.2) is 98.5 Å². The van der Waals surface area contributed by atoms with Crippen molar-refractivity contribution >= 4 is 23.7 Å². The van der Waals surface area contributed by atoms with E-state index in [0.29, 0.717) is 32.1 Å². The van der Waals surface area contributed by atoms with Gasteiger partial charge in [-0.1, -0.05) is 25.5 Å². The van der Waals surface area contributed by atoms with E-state index in [4.69, 9.17) is 35.0 Å². The Morgan fingerprint density at radius 3 is 2.33 bits per heavy atom. The van der Waals surface area contributed by atoms with Crippen molar-refractivity contribution in [3.63, 3.8) is 0 Å². The molecule has 7 atom stereocenters. The summed E-state index contributed by atoms with van der Waals surface area (Å²) in [5.74, 6) is -1.86. The van der Waals surface area contributed by atoms with E-state index < -0.39 is 57.8 Å². The largest absolute Gasteiger partial charge is 0.508 e. The number of carbonyl (C=O) groups is 4. The number of unbranched alkanes of at least 4 members (excludes halogenated alkanes) is 1. The van der Waals surface area contributed by atoms with Crippen molar-refractivity contribution in [2.75, 3.05) is 26.4 Å². The summed E-state index contributed by atoms with van der Waals surface area (Å²) in [5.41, 5.74) is -2.30. The molecular weight excluding hydrogens is 612 g/mol. The average molecular weight is 657 g/mol. The summed E-state index contributed by atoms with van der Waals surface area (Å²) in [7, 11) is 0. The zero-order chi connectivity index (χ0) is 33.7. The molecule has 4 rings (SSSR count). The number of fused-ring (bicyclic) bond motifs is 5. The number of Topliss-reactive ketones (excluding diaryl/α,β-unsaturated/α-hetero) is 1. The lowest BCUT2D eigenvalue weighted by Crippen LogP contribution is -2.63. The molecule has 2 unspecified atom stereocenters. The number of aliphatic hydroxyl groups is 1. The van der Waals surface area contributed by atoms with E-state index in [-0.39, 0.29) is 69.0 Å². The number of hydrogen-bond acceptors (Lipinski definition) is 16. The van der Waals surface area contributed by atoms with Gasteiger partial charge < -0.3 is 19.3 Å². The fraction of sp³-hybridized carbons (Fsp3) is 0.733. The topological polar surface area (TPSA) is 222 Å². The van der Waals surface area contributed by atoms with Crippen LogP contribution >= 0.6 is 0 Å². The third-order valence-electron chi connectivity index (χ3n) is 10.4. The molecule has 0 aromatic carbocycles. The molecule has 16 heteroatoms.